The van der Waals surface area contributed by atoms with Crippen LogP contribution in [0, 0.1) is 11.8 Å². The SMILES string of the molecule is CC(C)c1nc(C(=O)O)co1.CC(C)c1nc(C(=O)O)co1.CCC(C)[C@@H](C)c1nc(C(=O)O)co1.CCC(C)[C@H](C)c1nc(C(=O)O)co1.CCCC[C@@H](C)c1nc(C(=O)O)co1.CCCC[C@H](C)c1nc(C(=O)O)co1. The van der Waals surface area contributed by atoms with E-state index in [4.69, 9.17) is 57.1 Å². The Kier molecular flexibility index (Phi) is 30.3. The second-order valence-electron chi connectivity index (χ2n) is 19.0. The van der Waals surface area contributed by atoms with Crippen molar-refractivity contribution in [3.05, 3.63) is 107 Å². The number of carboxylic acids is 6. The van der Waals surface area contributed by atoms with Crippen molar-refractivity contribution < 1.29 is 85.9 Å². The molecule has 0 radical (unpaired) electrons. The van der Waals surface area contributed by atoms with E-state index in [0.29, 0.717) is 47.2 Å². The summed E-state index contributed by atoms with van der Waals surface area (Å²) in [6.07, 6.45) is 15.5. The van der Waals surface area contributed by atoms with E-state index in [1.807, 2.05) is 55.4 Å². The van der Waals surface area contributed by atoms with Gasteiger partial charge in [-0.05, 0) is 24.7 Å². The summed E-state index contributed by atoms with van der Waals surface area (Å²) in [4.78, 5) is 85.9. The lowest BCUT2D eigenvalue weighted by Gasteiger charge is -2.13. The minimum atomic E-state index is -1.05. The lowest BCUT2D eigenvalue weighted by Crippen LogP contribution is -2.06. The Morgan fingerprint density at radius 1 is 0.359 bits per heavy atom. The van der Waals surface area contributed by atoms with Gasteiger partial charge in [0.2, 0.25) is 0 Å². The number of aromatic nitrogens is 6. The Balaban J connectivity index is 0.000000469. The molecule has 6 heterocycles. The minimum Gasteiger partial charge on any atom is -0.476 e. The summed E-state index contributed by atoms with van der Waals surface area (Å²) in [5, 5.41) is 51.5. The van der Waals surface area contributed by atoms with Crippen LogP contribution in [0.15, 0.2) is 64.1 Å². The molecule has 6 aromatic rings. The highest BCUT2D eigenvalue weighted by Gasteiger charge is 2.22. The normalized spacial score (nSPS) is 12.9. The highest BCUT2D eigenvalue weighted by Crippen LogP contribution is 2.27. The topological polar surface area (TPSA) is 380 Å². The zero-order valence-electron chi connectivity index (χ0n) is 47.0. The van der Waals surface area contributed by atoms with Gasteiger partial charge in [0, 0.05) is 35.5 Å². The van der Waals surface area contributed by atoms with Crippen molar-refractivity contribution in [3.8, 4) is 0 Å². The van der Waals surface area contributed by atoms with Crippen LogP contribution < -0.4 is 0 Å². The monoisotopic (exact) mass is 1100 g/mol. The van der Waals surface area contributed by atoms with E-state index in [9.17, 15) is 28.8 Å². The van der Waals surface area contributed by atoms with Crippen molar-refractivity contribution in [2.24, 2.45) is 11.8 Å². The van der Waals surface area contributed by atoms with Gasteiger partial charge in [0.15, 0.2) is 69.5 Å². The molecule has 6 N–H and O–H groups in total. The first-order valence-corrected chi connectivity index (χ1v) is 25.8. The smallest absolute Gasteiger partial charge is 0.357 e. The Morgan fingerprint density at radius 3 is 0.744 bits per heavy atom. The summed E-state index contributed by atoms with van der Waals surface area (Å²) in [5.74, 6) is -1.44. The maximum absolute atomic E-state index is 10.6. The van der Waals surface area contributed by atoms with Gasteiger partial charge in [0.25, 0.3) is 0 Å². The zero-order valence-corrected chi connectivity index (χ0v) is 47.0. The molecule has 6 rings (SSSR count). The molecule has 2 unspecified atom stereocenters. The summed E-state index contributed by atoms with van der Waals surface area (Å²) >= 11 is 0. The Morgan fingerprint density at radius 2 is 0.564 bits per heavy atom. The number of carboxylic acid groups (broad SMARTS) is 6. The van der Waals surface area contributed by atoms with Gasteiger partial charge in [0.1, 0.15) is 37.6 Å². The first-order valence-electron chi connectivity index (χ1n) is 25.8. The number of oxazole rings is 6. The summed E-state index contributed by atoms with van der Waals surface area (Å²) < 4.78 is 30.2. The van der Waals surface area contributed by atoms with Crippen molar-refractivity contribution in [2.75, 3.05) is 0 Å². The first-order chi connectivity index (χ1) is 36.6. The van der Waals surface area contributed by atoms with Gasteiger partial charge in [-0.3, -0.25) is 0 Å². The maximum atomic E-state index is 10.6. The second-order valence-corrected chi connectivity index (χ2v) is 19.0. The molecule has 6 aromatic heterocycles. The maximum Gasteiger partial charge on any atom is 0.357 e. The van der Waals surface area contributed by atoms with E-state index in [-0.39, 0.29) is 69.7 Å². The molecule has 0 amide bonds. The number of aromatic carboxylic acids is 6. The molecule has 0 aromatic carbocycles. The fourth-order valence-electron chi connectivity index (χ4n) is 6.18. The van der Waals surface area contributed by atoms with Crippen LogP contribution in [0.2, 0.25) is 0 Å². The average molecular weight is 1100 g/mol. The standard InChI is InChI=1S/4C10H15NO3.2C7H9NO3/c2*1-4-6(2)7(3)9-11-8(5-14-9)10(12)13;2*1-3-4-5-7(2)9-11-8(6-14-9)10(12)13;2*1-4(2)6-8-5(3-11-6)7(9)10/h2*5-7H,4H2,1-3H3,(H,12,13);2*6-7H,3-5H2,1-2H3,(H,12,13);2*3-4H,1-2H3,(H,9,10)/t2*6?,7-;2*7-;;/m1010../s1. The van der Waals surface area contributed by atoms with Crippen LogP contribution in [0.4, 0.5) is 0 Å². The van der Waals surface area contributed by atoms with Crippen molar-refractivity contribution in [1.29, 1.82) is 0 Å². The molecular weight excluding hydrogens is 1020 g/mol. The number of hydrogen-bond donors (Lipinski definition) is 6. The van der Waals surface area contributed by atoms with Crippen molar-refractivity contribution in [2.45, 2.75) is 184 Å². The molecule has 78 heavy (non-hydrogen) atoms. The van der Waals surface area contributed by atoms with Crippen molar-refractivity contribution >= 4 is 35.8 Å². The van der Waals surface area contributed by atoms with E-state index in [2.05, 4.69) is 71.4 Å². The molecule has 0 aliphatic heterocycles. The number of carbonyl (C=O) groups is 6. The number of hydrogen-bond acceptors (Lipinski definition) is 18. The van der Waals surface area contributed by atoms with Crippen LogP contribution in [-0.2, 0) is 0 Å². The number of unbranched alkanes of at least 4 members (excludes halogenated alkanes) is 2. The zero-order chi connectivity index (χ0) is 59.4. The summed E-state index contributed by atoms with van der Waals surface area (Å²) in [6, 6.07) is 0. The predicted molar refractivity (Wildman–Crippen MR) is 281 cm³/mol. The third kappa shape index (κ3) is 23.5. The second kappa shape index (κ2) is 34.7. The molecule has 0 bridgehead atoms. The Bertz CT molecular complexity index is 2540. The van der Waals surface area contributed by atoms with E-state index in [0.717, 1.165) is 63.9 Å². The van der Waals surface area contributed by atoms with Crippen molar-refractivity contribution in [3.63, 3.8) is 0 Å². The van der Waals surface area contributed by atoms with Gasteiger partial charge in [-0.2, -0.15) is 0 Å². The Labute approximate surface area is 453 Å². The quantitative estimate of drug-likeness (QED) is 0.0368. The molecule has 0 saturated heterocycles. The summed E-state index contributed by atoms with van der Waals surface area (Å²) in [6.45, 7) is 28.1. The third-order valence-corrected chi connectivity index (χ3v) is 12.0. The van der Waals surface area contributed by atoms with E-state index < -0.39 is 35.8 Å². The van der Waals surface area contributed by atoms with Gasteiger partial charge < -0.3 is 57.1 Å². The average Bonchev–Trinajstić information content (AvgIpc) is 4.26. The summed E-state index contributed by atoms with van der Waals surface area (Å²) in [5.41, 5.74) is -0.126. The predicted octanol–water partition coefficient (Wildman–Crippen LogP) is 13.4. The lowest BCUT2D eigenvalue weighted by molar-refractivity contribution is 0.0679. The minimum absolute atomic E-state index is 0.0108. The lowest BCUT2D eigenvalue weighted by atomic mass is 9.94. The molecule has 432 valence electrons. The highest BCUT2D eigenvalue weighted by molar-refractivity contribution is 5.86. The molecule has 0 aliphatic rings. The molecule has 24 nitrogen and oxygen atoms in total. The fraction of sp³-hybridized carbons (Fsp3) is 0.556. The van der Waals surface area contributed by atoms with Gasteiger partial charge >= 0.3 is 35.8 Å². The fourth-order valence-corrected chi connectivity index (χ4v) is 6.18. The molecule has 6 atom stereocenters. The molecule has 0 fully saturated rings. The van der Waals surface area contributed by atoms with E-state index in [1.165, 1.54) is 25.1 Å². The van der Waals surface area contributed by atoms with Crippen molar-refractivity contribution in [1.82, 2.24) is 29.9 Å². The molecule has 0 aliphatic carbocycles. The van der Waals surface area contributed by atoms with E-state index >= 15 is 0 Å². The van der Waals surface area contributed by atoms with Crippen LogP contribution in [0.3, 0.4) is 0 Å². The van der Waals surface area contributed by atoms with Gasteiger partial charge in [-0.1, -0.05) is 135 Å². The van der Waals surface area contributed by atoms with Gasteiger partial charge in [0.05, 0.1) is 0 Å². The number of nitrogens with zero attached hydrogens (tertiary/aromatic N) is 6. The molecule has 24 heteroatoms. The highest BCUT2D eigenvalue weighted by atomic mass is 16.4. The Hall–Kier alpha value is -7.92. The number of rotatable bonds is 22. The van der Waals surface area contributed by atoms with Crippen LogP contribution in [0.5, 0.6) is 0 Å². The van der Waals surface area contributed by atoms with Crippen LogP contribution in [-0.4, -0.2) is 96.4 Å². The molecule has 0 spiro atoms. The van der Waals surface area contributed by atoms with Crippen LogP contribution in [0.25, 0.3) is 0 Å². The first kappa shape index (κ1) is 68.1. The summed E-state index contributed by atoms with van der Waals surface area (Å²) in [7, 11) is 0. The van der Waals surface area contributed by atoms with Crippen LogP contribution >= 0.6 is 0 Å². The largest absolute Gasteiger partial charge is 0.476 e. The van der Waals surface area contributed by atoms with E-state index in [1.54, 1.807) is 0 Å². The molecular formula is C54H78N6O18. The van der Waals surface area contributed by atoms with Gasteiger partial charge in [-0.25, -0.2) is 58.7 Å². The van der Waals surface area contributed by atoms with Gasteiger partial charge in [-0.15, -0.1) is 0 Å². The molecule has 0 saturated carbocycles. The third-order valence-electron chi connectivity index (χ3n) is 12.0. The van der Waals surface area contributed by atoms with Crippen LogP contribution in [0.1, 0.15) is 282 Å².